The van der Waals surface area contributed by atoms with Gasteiger partial charge in [-0.2, -0.15) is 0 Å². The number of rotatable bonds is 4. The molecule has 1 amide bonds. The monoisotopic (exact) mass is 325 g/mol. The molecule has 122 valence electrons. The Morgan fingerprint density at radius 2 is 1.82 bits per heavy atom. The van der Waals surface area contributed by atoms with E-state index in [9.17, 15) is 4.79 Å². The van der Waals surface area contributed by atoms with Gasteiger partial charge in [-0.3, -0.25) is 4.79 Å². The van der Waals surface area contributed by atoms with Gasteiger partial charge in [-0.1, -0.05) is 18.5 Å². The zero-order valence-electron chi connectivity index (χ0n) is 13.7. The summed E-state index contributed by atoms with van der Waals surface area (Å²) in [6.07, 6.45) is 4.47. The first-order chi connectivity index (χ1) is 10.5. The Balaban J connectivity index is 2.20. The van der Waals surface area contributed by atoms with E-state index in [0.29, 0.717) is 28.1 Å². The number of nitrogens with zero attached hydrogens (tertiary/aromatic N) is 1. The first-order valence-corrected chi connectivity index (χ1v) is 8.04. The van der Waals surface area contributed by atoms with Crippen molar-refractivity contribution in [2.45, 2.75) is 38.6 Å². The molecule has 1 saturated carbocycles. The minimum Gasteiger partial charge on any atom is -0.493 e. The lowest BCUT2D eigenvalue weighted by atomic mass is 9.86. The zero-order valence-corrected chi connectivity index (χ0v) is 14.4. The van der Waals surface area contributed by atoms with Crippen molar-refractivity contribution in [3.8, 4) is 11.5 Å². The summed E-state index contributed by atoms with van der Waals surface area (Å²) in [6, 6.07) is 3.64. The van der Waals surface area contributed by atoms with E-state index in [1.54, 1.807) is 12.1 Å². The number of halogens is 1. The Labute approximate surface area is 137 Å². The van der Waals surface area contributed by atoms with E-state index in [0.717, 1.165) is 18.8 Å². The first kappa shape index (κ1) is 16.9. The smallest absolute Gasteiger partial charge is 0.254 e. The van der Waals surface area contributed by atoms with E-state index < -0.39 is 0 Å². The summed E-state index contributed by atoms with van der Waals surface area (Å²) >= 11 is 6.19. The Morgan fingerprint density at radius 3 is 2.36 bits per heavy atom. The van der Waals surface area contributed by atoms with E-state index in [4.69, 9.17) is 21.1 Å². The maximum absolute atomic E-state index is 12.7. The molecular formula is C17H24ClNO3. The van der Waals surface area contributed by atoms with Crippen LogP contribution in [-0.4, -0.2) is 38.1 Å². The number of benzene rings is 1. The van der Waals surface area contributed by atoms with Gasteiger partial charge in [0.1, 0.15) is 0 Å². The number of hydrogen-bond donors (Lipinski definition) is 0. The first-order valence-electron chi connectivity index (χ1n) is 7.66. The molecule has 22 heavy (non-hydrogen) atoms. The molecule has 0 saturated heterocycles. The summed E-state index contributed by atoms with van der Waals surface area (Å²) in [6.45, 7) is 2.27. The molecule has 2 rings (SSSR count). The summed E-state index contributed by atoms with van der Waals surface area (Å²) in [4.78, 5) is 14.6. The van der Waals surface area contributed by atoms with Crippen LogP contribution in [0.3, 0.4) is 0 Å². The molecule has 1 aliphatic rings. The van der Waals surface area contributed by atoms with Crippen LogP contribution in [0.1, 0.15) is 43.0 Å². The van der Waals surface area contributed by atoms with Gasteiger partial charge in [-0.05, 0) is 43.7 Å². The highest BCUT2D eigenvalue weighted by Gasteiger charge is 2.26. The van der Waals surface area contributed by atoms with Gasteiger partial charge in [0.05, 0.1) is 19.2 Å². The number of carbonyl (C=O) groups is 1. The Hall–Kier alpha value is -1.42. The third-order valence-corrected chi connectivity index (χ3v) is 4.81. The minimum atomic E-state index is -0.0255. The molecule has 0 N–H and O–H groups in total. The molecule has 1 aromatic carbocycles. The van der Waals surface area contributed by atoms with E-state index in [-0.39, 0.29) is 5.91 Å². The quantitative estimate of drug-likeness (QED) is 0.839. The molecule has 0 aliphatic heterocycles. The molecule has 4 nitrogen and oxygen atoms in total. The van der Waals surface area contributed by atoms with Crippen molar-refractivity contribution in [2.75, 3.05) is 21.3 Å². The lowest BCUT2D eigenvalue weighted by Crippen LogP contribution is -2.39. The SMILES string of the molecule is COc1cc(C(=O)N(C)C2CCC(C)CC2)cc(Cl)c1OC. The fraction of sp³-hybridized carbons (Fsp3) is 0.588. The molecule has 1 aromatic rings. The molecule has 0 radical (unpaired) electrons. The number of amides is 1. The summed E-state index contributed by atoms with van der Waals surface area (Å²) in [5.74, 6) is 1.66. The van der Waals surface area contributed by atoms with Crippen molar-refractivity contribution in [3.05, 3.63) is 22.7 Å². The molecule has 5 heteroatoms. The Bertz CT molecular complexity index is 539. The van der Waals surface area contributed by atoms with E-state index in [2.05, 4.69) is 6.92 Å². The predicted molar refractivity (Wildman–Crippen MR) is 88.1 cm³/mol. The van der Waals surface area contributed by atoms with Gasteiger partial charge in [0, 0.05) is 18.7 Å². The maximum atomic E-state index is 12.7. The topological polar surface area (TPSA) is 38.8 Å². The molecule has 0 heterocycles. The molecule has 0 bridgehead atoms. The number of hydrogen-bond acceptors (Lipinski definition) is 3. The number of carbonyl (C=O) groups excluding carboxylic acids is 1. The van der Waals surface area contributed by atoms with Gasteiger partial charge in [-0.25, -0.2) is 0 Å². The predicted octanol–water partition coefficient (Wildman–Crippen LogP) is 4.01. The fourth-order valence-corrected chi connectivity index (χ4v) is 3.33. The van der Waals surface area contributed by atoms with Crippen molar-refractivity contribution in [2.24, 2.45) is 5.92 Å². The lowest BCUT2D eigenvalue weighted by Gasteiger charge is -2.33. The van der Waals surface area contributed by atoms with Crippen LogP contribution in [0.2, 0.25) is 5.02 Å². The van der Waals surface area contributed by atoms with Crippen molar-refractivity contribution < 1.29 is 14.3 Å². The highest BCUT2D eigenvalue weighted by Crippen LogP contribution is 2.36. The van der Waals surface area contributed by atoms with Crippen molar-refractivity contribution in [1.82, 2.24) is 4.90 Å². The molecule has 1 aliphatic carbocycles. The normalized spacial score (nSPS) is 21.3. The fourth-order valence-electron chi connectivity index (χ4n) is 3.04. The molecule has 0 spiro atoms. The Morgan fingerprint density at radius 1 is 1.18 bits per heavy atom. The van der Waals surface area contributed by atoms with Crippen LogP contribution in [0.5, 0.6) is 11.5 Å². The third-order valence-electron chi connectivity index (χ3n) is 4.53. The van der Waals surface area contributed by atoms with Crippen LogP contribution in [-0.2, 0) is 0 Å². The van der Waals surface area contributed by atoms with Crippen molar-refractivity contribution >= 4 is 17.5 Å². The zero-order chi connectivity index (χ0) is 16.3. The highest BCUT2D eigenvalue weighted by molar-refractivity contribution is 6.32. The Kier molecular flexibility index (Phi) is 5.57. The average Bonchev–Trinajstić information content (AvgIpc) is 2.53. The van der Waals surface area contributed by atoms with E-state index in [1.807, 2.05) is 11.9 Å². The average molecular weight is 326 g/mol. The molecule has 0 unspecified atom stereocenters. The standard InChI is InChI=1S/C17H24ClNO3/c1-11-5-7-13(8-6-11)19(2)17(20)12-9-14(18)16(22-4)15(10-12)21-3/h9-11,13H,5-8H2,1-4H3. The van der Waals surface area contributed by atoms with Crippen LogP contribution in [0, 0.1) is 5.92 Å². The van der Waals surface area contributed by atoms with E-state index >= 15 is 0 Å². The largest absolute Gasteiger partial charge is 0.493 e. The van der Waals surface area contributed by atoms with Crippen molar-refractivity contribution in [3.63, 3.8) is 0 Å². The highest BCUT2D eigenvalue weighted by atomic mass is 35.5. The second-order valence-corrected chi connectivity index (χ2v) is 6.43. The third kappa shape index (κ3) is 3.49. The van der Waals surface area contributed by atoms with E-state index in [1.165, 1.54) is 27.1 Å². The van der Waals surface area contributed by atoms with Gasteiger partial charge >= 0.3 is 0 Å². The molecule has 0 aromatic heterocycles. The van der Waals surface area contributed by atoms with Crippen LogP contribution >= 0.6 is 11.6 Å². The van der Waals surface area contributed by atoms with Crippen LogP contribution in [0.15, 0.2) is 12.1 Å². The minimum absolute atomic E-state index is 0.0255. The van der Waals surface area contributed by atoms with Crippen LogP contribution in [0.25, 0.3) is 0 Å². The van der Waals surface area contributed by atoms with Crippen LogP contribution in [0.4, 0.5) is 0 Å². The summed E-state index contributed by atoms with van der Waals surface area (Å²) in [5, 5.41) is 0.385. The van der Waals surface area contributed by atoms with Crippen LogP contribution < -0.4 is 9.47 Å². The summed E-state index contributed by atoms with van der Waals surface area (Å²) in [5.41, 5.74) is 0.531. The summed E-state index contributed by atoms with van der Waals surface area (Å²) < 4.78 is 10.5. The number of methoxy groups -OCH3 is 2. The second-order valence-electron chi connectivity index (χ2n) is 6.02. The molecule has 1 fully saturated rings. The number of ether oxygens (including phenoxy) is 2. The molecular weight excluding hydrogens is 302 g/mol. The molecule has 0 atom stereocenters. The maximum Gasteiger partial charge on any atom is 0.254 e. The van der Waals surface area contributed by atoms with Gasteiger partial charge in [0.2, 0.25) is 0 Å². The van der Waals surface area contributed by atoms with Gasteiger partial charge in [0.25, 0.3) is 5.91 Å². The van der Waals surface area contributed by atoms with Gasteiger partial charge in [-0.15, -0.1) is 0 Å². The van der Waals surface area contributed by atoms with Gasteiger partial charge < -0.3 is 14.4 Å². The summed E-state index contributed by atoms with van der Waals surface area (Å²) in [7, 11) is 4.93. The lowest BCUT2D eigenvalue weighted by molar-refractivity contribution is 0.0679. The second kappa shape index (κ2) is 7.23. The van der Waals surface area contributed by atoms with Gasteiger partial charge in [0.15, 0.2) is 11.5 Å². The van der Waals surface area contributed by atoms with Crippen molar-refractivity contribution in [1.29, 1.82) is 0 Å².